The van der Waals surface area contributed by atoms with E-state index in [1.165, 1.54) is 18.5 Å². The molecule has 136 valence electrons. The Morgan fingerprint density at radius 1 is 1.20 bits per heavy atom. The van der Waals surface area contributed by atoms with E-state index in [-0.39, 0.29) is 23.8 Å². The Hall–Kier alpha value is -1.90. The first-order valence-electron chi connectivity index (χ1n) is 7.92. The molecule has 2 atom stereocenters. The van der Waals surface area contributed by atoms with Crippen molar-refractivity contribution in [3.63, 3.8) is 0 Å². The van der Waals surface area contributed by atoms with Gasteiger partial charge in [-0.1, -0.05) is 6.42 Å². The minimum absolute atomic E-state index is 0.0131. The standard InChI is InChI=1S/C16H18F3N3O2S/c1-25(23,24)12-5-6-14-13(8-12)15(21-9-20-14)22-11-4-2-3-10(7-11)16(17,18)19/h5-6,8-11H,2-4,7H2,1H3,(H,20,21,22). The molecule has 2 unspecified atom stereocenters. The number of alkyl halides is 3. The van der Waals surface area contributed by atoms with Crippen LogP contribution in [-0.2, 0) is 9.84 Å². The van der Waals surface area contributed by atoms with Crippen molar-refractivity contribution in [2.45, 2.75) is 42.8 Å². The summed E-state index contributed by atoms with van der Waals surface area (Å²) in [4.78, 5) is 8.32. The Balaban J connectivity index is 1.91. The normalized spacial score (nSPS) is 22.1. The molecule has 2 aromatic rings. The molecule has 0 bridgehead atoms. The van der Waals surface area contributed by atoms with Crippen LogP contribution in [0.2, 0.25) is 0 Å². The molecule has 0 spiro atoms. The molecule has 1 fully saturated rings. The second kappa shape index (κ2) is 6.44. The summed E-state index contributed by atoms with van der Waals surface area (Å²) >= 11 is 0. The van der Waals surface area contributed by atoms with E-state index in [1.54, 1.807) is 6.07 Å². The molecule has 0 aliphatic heterocycles. The first-order valence-corrected chi connectivity index (χ1v) is 9.82. The number of hydrogen-bond donors (Lipinski definition) is 1. The van der Waals surface area contributed by atoms with E-state index in [2.05, 4.69) is 15.3 Å². The van der Waals surface area contributed by atoms with Gasteiger partial charge in [0, 0.05) is 17.7 Å². The van der Waals surface area contributed by atoms with Crippen molar-refractivity contribution in [3.05, 3.63) is 24.5 Å². The fourth-order valence-corrected chi connectivity index (χ4v) is 3.84. The highest BCUT2D eigenvalue weighted by Crippen LogP contribution is 2.38. The lowest BCUT2D eigenvalue weighted by Gasteiger charge is -2.31. The van der Waals surface area contributed by atoms with E-state index in [0.717, 1.165) is 6.26 Å². The highest BCUT2D eigenvalue weighted by Gasteiger charge is 2.42. The highest BCUT2D eigenvalue weighted by atomic mass is 32.2. The maximum absolute atomic E-state index is 13.0. The summed E-state index contributed by atoms with van der Waals surface area (Å²) < 4.78 is 62.4. The number of fused-ring (bicyclic) bond motifs is 1. The van der Waals surface area contributed by atoms with Gasteiger partial charge in [0.05, 0.1) is 16.3 Å². The van der Waals surface area contributed by atoms with Crippen LogP contribution in [0, 0.1) is 5.92 Å². The molecular weight excluding hydrogens is 355 g/mol. The summed E-state index contributed by atoms with van der Waals surface area (Å²) in [5, 5.41) is 3.54. The van der Waals surface area contributed by atoms with Crippen LogP contribution in [0.1, 0.15) is 25.7 Å². The van der Waals surface area contributed by atoms with Crippen LogP contribution in [0.4, 0.5) is 19.0 Å². The monoisotopic (exact) mass is 373 g/mol. The Labute approximate surface area is 143 Å². The van der Waals surface area contributed by atoms with E-state index in [9.17, 15) is 21.6 Å². The maximum atomic E-state index is 13.0. The van der Waals surface area contributed by atoms with Gasteiger partial charge in [-0.3, -0.25) is 0 Å². The van der Waals surface area contributed by atoms with E-state index in [0.29, 0.717) is 29.6 Å². The largest absolute Gasteiger partial charge is 0.391 e. The van der Waals surface area contributed by atoms with E-state index in [4.69, 9.17) is 0 Å². The topological polar surface area (TPSA) is 72.0 Å². The van der Waals surface area contributed by atoms with Crippen molar-refractivity contribution in [1.82, 2.24) is 9.97 Å². The lowest BCUT2D eigenvalue weighted by molar-refractivity contribution is -0.182. The molecule has 1 saturated carbocycles. The van der Waals surface area contributed by atoms with Crippen molar-refractivity contribution in [2.75, 3.05) is 11.6 Å². The van der Waals surface area contributed by atoms with Gasteiger partial charge in [0.15, 0.2) is 9.84 Å². The second-order valence-electron chi connectivity index (χ2n) is 6.42. The van der Waals surface area contributed by atoms with Gasteiger partial charge in [-0.25, -0.2) is 18.4 Å². The van der Waals surface area contributed by atoms with Gasteiger partial charge in [0.1, 0.15) is 12.1 Å². The quantitative estimate of drug-likeness (QED) is 0.891. The van der Waals surface area contributed by atoms with Crippen LogP contribution >= 0.6 is 0 Å². The van der Waals surface area contributed by atoms with Gasteiger partial charge < -0.3 is 5.32 Å². The van der Waals surface area contributed by atoms with Gasteiger partial charge >= 0.3 is 6.18 Å². The molecule has 25 heavy (non-hydrogen) atoms. The smallest absolute Gasteiger partial charge is 0.367 e. The first-order chi connectivity index (χ1) is 11.6. The lowest BCUT2D eigenvalue weighted by Crippen LogP contribution is -2.34. The number of sulfone groups is 1. The van der Waals surface area contributed by atoms with Gasteiger partial charge in [0.2, 0.25) is 0 Å². The maximum Gasteiger partial charge on any atom is 0.391 e. The molecule has 9 heteroatoms. The Morgan fingerprint density at radius 3 is 2.64 bits per heavy atom. The third-order valence-electron chi connectivity index (χ3n) is 4.51. The fraction of sp³-hybridized carbons (Fsp3) is 0.500. The van der Waals surface area contributed by atoms with Crippen LogP contribution in [-0.4, -0.2) is 36.9 Å². The van der Waals surface area contributed by atoms with E-state index in [1.807, 2.05) is 0 Å². The Bertz CT molecular complexity index is 884. The number of benzene rings is 1. The summed E-state index contributed by atoms with van der Waals surface area (Å²) in [5.74, 6) is -0.957. The highest BCUT2D eigenvalue weighted by molar-refractivity contribution is 7.90. The molecule has 1 aliphatic carbocycles. The van der Waals surface area contributed by atoms with E-state index >= 15 is 0 Å². The number of nitrogens with zero attached hydrogens (tertiary/aromatic N) is 2. The molecule has 5 nitrogen and oxygen atoms in total. The summed E-state index contributed by atoms with van der Waals surface area (Å²) in [7, 11) is -3.40. The Kier molecular flexibility index (Phi) is 4.61. The zero-order valence-corrected chi connectivity index (χ0v) is 14.4. The van der Waals surface area contributed by atoms with Crippen LogP contribution < -0.4 is 5.32 Å². The molecule has 0 saturated heterocycles. The number of anilines is 1. The lowest BCUT2D eigenvalue weighted by atomic mass is 9.85. The van der Waals surface area contributed by atoms with Crippen molar-refractivity contribution >= 4 is 26.6 Å². The summed E-state index contributed by atoms with van der Waals surface area (Å²) in [5.41, 5.74) is 0.535. The number of nitrogens with one attached hydrogen (secondary N) is 1. The first kappa shape index (κ1) is 17.9. The molecule has 0 amide bonds. The van der Waals surface area contributed by atoms with Crippen molar-refractivity contribution in [2.24, 2.45) is 5.92 Å². The fourth-order valence-electron chi connectivity index (χ4n) is 3.19. The average molecular weight is 373 g/mol. The zero-order valence-electron chi connectivity index (χ0n) is 13.5. The molecular formula is C16H18F3N3O2S. The minimum atomic E-state index is -4.20. The van der Waals surface area contributed by atoms with Gasteiger partial charge in [-0.2, -0.15) is 13.2 Å². The average Bonchev–Trinajstić information content (AvgIpc) is 2.53. The van der Waals surface area contributed by atoms with Gasteiger partial charge in [-0.15, -0.1) is 0 Å². The van der Waals surface area contributed by atoms with Crippen molar-refractivity contribution in [1.29, 1.82) is 0 Å². The summed E-state index contributed by atoms with van der Waals surface area (Å²) in [6, 6.07) is 4.12. The number of halogens is 3. The van der Waals surface area contributed by atoms with E-state index < -0.39 is 21.9 Å². The zero-order chi connectivity index (χ0) is 18.2. The second-order valence-corrected chi connectivity index (χ2v) is 8.44. The van der Waals surface area contributed by atoms with Crippen LogP contribution in [0.5, 0.6) is 0 Å². The minimum Gasteiger partial charge on any atom is -0.367 e. The predicted octanol–water partition coefficient (Wildman–Crippen LogP) is 3.57. The molecule has 0 radical (unpaired) electrons. The van der Waals surface area contributed by atoms with Crippen molar-refractivity contribution < 1.29 is 21.6 Å². The number of hydrogen-bond acceptors (Lipinski definition) is 5. The third kappa shape index (κ3) is 4.02. The van der Waals surface area contributed by atoms with Gasteiger partial charge in [0.25, 0.3) is 0 Å². The van der Waals surface area contributed by atoms with Crippen LogP contribution in [0.3, 0.4) is 0 Å². The molecule has 1 aliphatic rings. The molecule has 3 rings (SSSR count). The predicted molar refractivity (Wildman–Crippen MR) is 88.1 cm³/mol. The van der Waals surface area contributed by atoms with Gasteiger partial charge in [-0.05, 0) is 37.5 Å². The van der Waals surface area contributed by atoms with Crippen LogP contribution in [0.25, 0.3) is 10.9 Å². The molecule has 1 aromatic heterocycles. The number of rotatable bonds is 3. The SMILES string of the molecule is CS(=O)(=O)c1ccc2ncnc(NC3CCCC(C(F)(F)F)C3)c2c1. The Morgan fingerprint density at radius 2 is 1.96 bits per heavy atom. The molecule has 1 N–H and O–H groups in total. The number of aromatic nitrogens is 2. The third-order valence-corrected chi connectivity index (χ3v) is 5.62. The molecule has 1 aromatic carbocycles. The summed E-state index contributed by atoms with van der Waals surface area (Å²) in [6.07, 6.45) is -0.555. The molecule has 1 heterocycles. The van der Waals surface area contributed by atoms with Crippen molar-refractivity contribution in [3.8, 4) is 0 Å². The van der Waals surface area contributed by atoms with Crippen LogP contribution in [0.15, 0.2) is 29.4 Å². The summed E-state index contributed by atoms with van der Waals surface area (Å²) in [6.45, 7) is 0.